The quantitative estimate of drug-likeness (QED) is 0.551. The molecule has 1 saturated heterocycles. The predicted molar refractivity (Wildman–Crippen MR) is 109 cm³/mol. The molecule has 1 aliphatic heterocycles. The van der Waals surface area contributed by atoms with E-state index in [0.29, 0.717) is 47.1 Å². The molecular weight excluding hydrogens is 386 g/mol. The number of ether oxygens (including phenoxy) is 1. The first-order chi connectivity index (χ1) is 14.7. The van der Waals surface area contributed by atoms with Crippen LogP contribution >= 0.6 is 0 Å². The number of nitrogens with zero attached hydrogens (tertiary/aromatic N) is 4. The number of aromatic nitrogens is 3. The first-order valence-corrected chi connectivity index (χ1v) is 9.60. The minimum Gasteiger partial charge on any atom is -0.463 e. The molecule has 9 nitrogen and oxygen atoms in total. The fourth-order valence-corrected chi connectivity index (χ4v) is 3.48. The SMILES string of the molecule is Cc1noc2nc(-c3ccco3)cc(C(=O)Nc3ccc(N4CCOCC4)cn3)c12. The molecular formula is C21H19N5O4. The fourth-order valence-electron chi connectivity index (χ4n) is 3.48. The van der Waals surface area contributed by atoms with E-state index in [1.807, 2.05) is 6.07 Å². The van der Waals surface area contributed by atoms with Crippen LogP contribution in [0.15, 0.2) is 51.7 Å². The second-order valence-corrected chi connectivity index (χ2v) is 6.94. The number of nitrogens with one attached hydrogen (secondary N) is 1. The lowest BCUT2D eigenvalue weighted by molar-refractivity contribution is 0.102. The Balaban J connectivity index is 1.43. The number of furan rings is 1. The van der Waals surface area contributed by atoms with Crippen molar-refractivity contribution in [3.63, 3.8) is 0 Å². The number of amides is 1. The molecule has 0 atom stereocenters. The number of aryl methyl sites for hydroxylation is 1. The van der Waals surface area contributed by atoms with Gasteiger partial charge in [-0.25, -0.2) is 9.97 Å². The van der Waals surface area contributed by atoms with Gasteiger partial charge in [-0.15, -0.1) is 0 Å². The Kier molecular flexibility index (Phi) is 4.64. The van der Waals surface area contributed by atoms with Crippen LogP contribution in [0.25, 0.3) is 22.6 Å². The van der Waals surface area contributed by atoms with Crippen molar-refractivity contribution in [1.82, 2.24) is 15.1 Å². The van der Waals surface area contributed by atoms with Crippen LogP contribution in [0.1, 0.15) is 16.1 Å². The number of hydrogen-bond donors (Lipinski definition) is 1. The van der Waals surface area contributed by atoms with Crippen LogP contribution in [0.3, 0.4) is 0 Å². The number of pyridine rings is 2. The van der Waals surface area contributed by atoms with E-state index in [1.165, 1.54) is 0 Å². The Hall–Kier alpha value is -3.72. The molecule has 0 bridgehead atoms. The summed E-state index contributed by atoms with van der Waals surface area (Å²) in [7, 11) is 0. The molecule has 5 heterocycles. The molecule has 1 amide bonds. The number of anilines is 2. The van der Waals surface area contributed by atoms with Crippen molar-refractivity contribution in [3.05, 3.63) is 54.0 Å². The third-order valence-corrected chi connectivity index (χ3v) is 5.00. The lowest BCUT2D eigenvalue weighted by Crippen LogP contribution is -2.36. The highest BCUT2D eigenvalue weighted by atomic mass is 16.5. The molecule has 0 radical (unpaired) electrons. The normalized spacial score (nSPS) is 14.2. The molecule has 0 unspecified atom stereocenters. The van der Waals surface area contributed by atoms with Gasteiger partial charge in [0, 0.05) is 13.1 Å². The molecule has 4 aromatic rings. The van der Waals surface area contributed by atoms with Crippen LogP contribution in [-0.4, -0.2) is 47.3 Å². The molecule has 0 spiro atoms. The lowest BCUT2D eigenvalue weighted by Gasteiger charge is -2.28. The van der Waals surface area contributed by atoms with Crippen molar-refractivity contribution in [3.8, 4) is 11.5 Å². The maximum absolute atomic E-state index is 13.1. The smallest absolute Gasteiger partial charge is 0.259 e. The van der Waals surface area contributed by atoms with Gasteiger partial charge >= 0.3 is 0 Å². The third kappa shape index (κ3) is 3.39. The van der Waals surface area contributed by atoms with Crippen LogP contribution in [0.2, 0.25) is 0 Å². The molecule has 5 rings (SSSR count). The predicted octanol–water partition coefficient (Wildman–Crippen LogP) is 3.28. The van der Waals surface area contributed by atoms with Gasteiger partial charge in [-0.1, -0.05) is 5.16 Å². The van der Waals surface area contributed by atoms with Crippen LogP contribution in [-0.2, 0) is 4.74 Å². The van der Waals surface area contributed by atoms with E-state index >= 15 is 0 Å². The zero-order chi connectivity index (χ0) is 20.5. The Labute approximate surface area is 171 Å². The minimum atomic E-state index is -0.326. The number of hydrogen-bond acceptors (Lipinski definition) is 8. The van der Waals surface area contributed by atoms with Crippen LogP contribution in [0.5, 0.6) is 0 Å². The monoisotopic (exact) mass is 405 g/mol. The number of carbonyl (C=O) groups excluding carboxylic acids is 1. The van der Waals surface area contributed by atoms with Gasteiger partial charge in [-0.05, 0) is 37.3 Å². The van der Waals surface area contributed by atoms with Crippen molar-refractivity contribution in [2.45, 2.75) is 6.92 Å². The second-order valence-electron chi connectivity index (χ2n) is 6.94. The molecule has 4 aromatic heterocycles. The highest BCUT2D eigenvalue weighted by molar-refractivity contribution is 6.12. The lowest BCUT2D eigenvalue weighted by atomic mass is 10.1. The molecule has 30 heavy (non-hydrogen) atoms. The molecule has 0 saturated carbocycles. The van der Waals surface area contributed by atoms with Gasteiger partial charge in [0.05, 0.1) is 48.0 Å². The molecule has 1 fully saturated rings. The van der Waals surface area contributed by atoms with Crippen LogP contribution in [0, 0.1) is 6.92 Å². The fraction of sp³-hybridized carbons (Fsp3) is 0.238. The van der Waals surface area contributed by atoms with Crippen molar-refractivity contribution >= 4 is 28.5 Å². The summed E-state index contributed by atoms with van der Waals surface area (Å²) in [6, 6.07) is 8.92. The largest absolute Gasteiger partial charge is 0.463 e. The summed E-state index contributed by atoms with van der Waals surface area (Å²) in [5.74, 6) is 0.664. The van der Waals surface area contributed by atoms with E-state index in [0.717, 1.165) is 18.8 Å². The van der Waals surface area contributed by atoms with Crippen molar-refractivity contribution in [2.75, 3.05) is 36.5 Å². The average molecular weight is 405 g/mol. The van der Waals surface area contributed by atoms with Gasteiger partial charge in [-0.3, -0.25) is 4.79 Å². The summed E-state index contributed by atoms with van der Waals surface area (Å²) in [4.78, 5) is 24.1. The van der Waals surface area contributed by atoms with Gasteiger partial charge in [0.15, 0.2) is 5.76 Å². The van der Waals surface area contributed by atoms with E-state index in [4.69, 9.17) is 13.7 Å². The summed E-state index contributed by atoms with van der Waals surface area (Å²) in [6.07, 6.45) is 3.30. The van der Waals surface area contributed by atoms with Crippen molar-refractivity contribution in [2.24, 2.45) is 0 Å². The zero-order valence-corrected chi connectivity index (χ0v) is 16.3. The summed E-state index contributed by atoms with van der Waals surface area (Å²) < 4.78 is 16.1. The van der Waals surface area contributed by atoms with E-state index in [-0.39, 0.29) is 11.6 Å². The number of fused-ring (bicyclic) bond motifs is 1. The molecule has 1 aliphatic rings. The highest BCUT2D eigenvalue weighted by Gasteiger charge is 2.21. The summed E-state index contributed by atoms with van der Waals surface area (Å²) in [6.45, 7) is 4.82. The van der Waals surface area contributed by atoms with Crippen LogP contribution in [0.4, 0.5) is 11.5 Å². The van der Waals surface area contributed by atoms with Gasteiger partial charge in [-0.2, -0.15) is 0 Å². The Morgan fingerprint density at radius 1 is 1.20 bits per heavy atom. The van der Waals surface area contributed by atoms with Crippen LogP contribution < -0.4 is 10.2 Å². The minimum absolute atomic E-state index is 0.280. The van der Waals surface area contributed by atoms with E-state index in [1.54, 1.807) is 43.6 Å². The summed E-state index contributed by atoms with van der Waals surface area (Å²) in [5.41, 5.74) is 2.75. The third-order valence-electron chi connectivity index (χ3n) is 5.00. The molecule has 0 aliphatic carbocycles. The zero-order valence-electron chi connectivity index (χ0n) is 16.3. The second kappa shape index (κ2) is 7.60. The molecule has 0 aromatic carbocycles. The van der Waals surface area contributed by atoms with Crippen molar-refractivity contribution in [1.29, 1.82) is 0 Å². The van der Waals surface area contributed by atoms with Gasteiger partial charge in [0.2, 0.25) is 0 Å². The van der Waals surface area contributed by atoms with E-state index in [9.17, 15) is 4.79 Å². The maximum atomic E-state index is 13.1. The molecule has 9 heteroatoms. The van der Waals surface area contributed by atoms with Gasteiger partial charge in [0.25, 0.3) is 11.6 Å². The van der Waals surface area contributed by atoms with E-state index in [2.05, 4.69) is 25.3 Å². The first-order valence-electron chi connectivity index (χ1n) is 9.60. The number of morpholine rings is 1. The summed E-state index contributed by atoms with van der Waals surface area (Å²) in [5, 5.41) is 7.36. The van der Waals surface area contributed by atoms with Gasteiger partial charge < -0.3 is 23.9 Å². The van der Waals surface area contributed by atoms with Gasteiger partial charge in [0.1, 0.15) is 11.5 Å². The Morgan fingerprint density at radius 3 is 2.80 bits per heavy atom. The summed E-state index contributed by atoms with van der Waals surface area (Å²) >= 11 is 0. The molecule has 152 valence electrons. The highest BCUT2D eigenvalue weighted by Crippen LogP contribution is 2.28. The van der Waals surface area contributed by atoms with Crippen molar-refractivity contribution < 1.29 is 18.5 Å². The first kappa shape index (κ1) is 18.3. The number of carbonyl (C=O) groups is 1. The topological polar surface area (TPSA) is 107 Å². The standard InChI is InChI=1S/C21H19N5O4/c1-13-19-15(11-16(17-3-2-8-29-17)23-21(19)30-25-13)20(27)24-18-5-4-14(12-22-18)26-6-9-28-10-7-26/h2-5,8,11-12H,6-7,9-10H2,1H3,(H,22,24,27). The Bertz CT molecular complexity index is 1180. The average Bonchev–Trinajstić information content (AvgIpc) is 3.45. The number of rotatable bonds is 4. The Morgan fingerprint density at radius 2 is 2.07 bits per heavy atom. The molecule has 1 N–H and O–H groups in total. The van der Waals surface area contributed by atoms with E-state index < -0.39 is 0 Å². The maximum Gasteiger partial charge on any atom is 0.259 e.